The van der Waals surface area contributed by atoms with Gasteiger partial charge in [-0.1, -0.05) is 0 Å². The van der Waals surface area contributed by atoms with Crippen molar-refractivity contribution in [3.8, 4) is 11.3 Å². The number of aromatic amines is 1. The molecule has 2 N–H and O–H groups in total. The molecule has 0 fully saturated rings. The van der Waals surface area contributed by atoms with Gasteiger partial charge in [-0.3, -0.25) is 8.61 Å². The average Bonchev–Trinajstić information content (AvgIpc) is 3.40. The highest BCUT2D eigenvalue weighted by molar-refractivity contribution is 7.84. The molecule has 4 heterocycles. The molecule has 11 heteroatoms. The number of hydrogen-bond donors (Lipinski definition) is 2. The maximum atomic E-state index is 12.2. The molecule has 4 aromatic rings. The third kappa shape index (κ3) is 4.52. The highest BCUT2D eigenvalue weighted by Gasteiger charge is 2.15. The number of rotatable bonds is 8. The summed E-state index contributed by atoms with van der Waals surface area (Å²) in [5.41, 5.74) is 3.57. The van der Waals surface area contributed by atoms with Gasteiger partial charge in [-0.2, -0.15) is 9.47 Å². The largest absolute Gasteiger partial charge is 0.328 e. The van der Waals surface area contributed by atoms with Crippen molar-refractivity contribution in [3.05, 3.63) is 42.7 Å². The number of anilines is 2. The van der Waals surface area contributed by atoms with Crippen LogP contribution in [0.1, 0.15) is 5.69 Å². The molecule has 0 spiro atoms. The first kappa shape index (κ1) is 19.7. The molecule has 0 saturated heterocycles. The topological polar surface area (TPSA) is 95.1 Å². The molecule has 9 nitrogen and oxygen atoms in total. The van der Waals surface area contributed by atoms with Crippen LogP contribution in [0.2, 0.25) is 0 Å². The lowest BCUT2D eigenvalue weighted by Crippen LogP contribution is -2.27. The van der Waals surface area contributed by atoms with Crippen LogP contribution in [0.3, 0.4) is 0 Å². The fourth-order valence-electron chi connectivity index (χ4n) is 2.89. The van der Waals surface area contributed by atoms with E-state index in [1.54, 1.807) is 6.20 Å². The molecule has 29 heavy (non-hydrogen) atoms. The number of aromatic nitrogens is 6. The van der Waals surface area contributed by atoms with Gasteiger partial charge in [-0.05, 0) is 31.7 Å². The van der Waals surface area contributed by atoms with Gasteiger partial charge >= 0.3 is 0 Å². The Hall–Kier alpha value is -2.63. The zero-order valence-corrected chi connectivity index (χ0v) is 18.1. The molecule has 0 amide bonds. The van der Waals surface area contributed by atoms with E-state index in [0.29, 0.717) is 17.3 Å². The van der Waals surface area contributed by atoms with Crippen LogP contribution >= 0.6 is 11.5 Å². The van der Waals surface area contributed by atoms with Gasteiger partial charge in [0.2, 0.25) is 6.20 Å². The number of fused-ring (bicyclic) bond motifs is 1. The summed E-state index contributed by atoms with van der Waals surface area (Å²) in [5, 5.41) is 7.27. The minimum Gasteiger partial charge on any atom is -0.328 e. The van der Waals surface area contributed by atoms with Crippen LogP contribution in [0.5, 0.6) is 0 Å². The lowest BCUT2D eigenvalue weighted by molar-refractivity contribution is -0.726. The van der Waals surface area contributed by atoms with Crippen molar-refractivity contribution in [1.82, 2.24) is 28.7 Å². The molecule has 1 unspecified atom stereocenters. The molecule has 1 atom stereocenters. The Morgan fingerprint density at radius 2 is 2.24 bits per heavy atom. The first-order chi connectivity index (χ1) is 14.0. The molecule has 4 rings (SSSR count). The van der Waals surface area contributed by atoms with Crippen LogP contribution in [-0.4, -0.2) is 59.3 Å². The van der Waals surface area contributed by atoms with E-state index in [1.807, 2.05) is 66.0 Å². The summed E-state index contributed by atoms with van der Waals surface area (Å²) in [6, 6.07) is 1.93. The third-order valence-corrected chi connectivity index (χ3v) is 6.35. The fourth-order valence-corrected chi connectivity index (χ4v) is 4.83. The Labute approximate surface area is 175 Å². The highest BCUT2D eigenvalue weighted by Crippen LogP contribution is 2.26. The fraction of sp³-hybridized carbons (Fsp3) is 0.333. The number of hydrogen-bond acceptors (Lipinski definition) is 7. The Bertz CT molecular complexity index is 1150. The van der Waals surface area contributed by atoms with Crippen molar-refractivity contribution < 1.29 is 8.89 Å². The number of imidazole rings is 1. The first-order valence-corrected chi connectivity index (χ1v) is 11.3. The Balaban J connectivity index is 1.51. The quantitative estimate of drug-likeness (QED) is 0.411. The van der Waals surface area contributed by atoms with Crippen molar-refractivity contribution in [3.63, 3.8) is 0 Å². The molecule has 0 aliphatic heterocycles. The summed E-state index contributed by atoms with van der Waals surface area (Å²) in [5.74, 6) is 1.76. The van der Waals surface area contributed by atoms with Crippen LogP contribution in [0.4, 0.5) is 10.8 Å². The van der Waals surface area contributed by atoms with Crippen LogP contribution < -0.4 is 10.00 Å². The number of nitrogens with zero attached hydrogens (tertiary/aromatic N) is 6. The number of nitrogens with one attached hydrogen (secondary N) is 2. The molecule has 0 saturated carbocycles. The highest BCUT2D eigenvalue weighted by atomic mass is 32.2. The SMILES string of the molecule is CN(C)CCS(=O)Cc1cc(Nc2nccn3c(-c4c[nH][n+](C)c4)cnc23)sn1. The van der Waals surface area contributed by atoms with Gasteiger partial charge in [0.1, 0.15) is 5.00 Å². The molecule has 0 bridgehead atoms. The van der Waals surface area contributed by atoms with Gasteiger partial charge in [0.05, 0.1) is 35.1 Å². The van der Waals surface area contributed by atoms with Crippen LogP contribution in [0, 0.1) is 0 Å². The lowest BCUT2D eigenvalue weighted by Gasteiger charge is -2.07. The maximum absolute atomic E-state index is 12.2. The second-order valence-electron chi connectivity index (χ2n) is 6.98. The zero-order valence-electron chi connectivity index (χ0n) is 16.5. The van der Waals surface area contributed by atoms with Gasteiger partial charge < -0.3 is 10.2 Å². The van der Waals surface area contributed by atoms with E-state index in [9.17, 15) is 4.21 Å². The van der Waals surface area contributed by atoms with E-state index in [-0.39, 0.29) is 0 Å². The second-order valence-corrected chi connectivity index (χ2v) is 9.36. The molecule has 0 aliphatic carbocycles. The summed E-state index contributed by atoms with van der Waals surface area (Å²) in [6.07, 6.45) is 9.40. The Morgan fingerprint density at radius 1 is 1.38 bits per heavy atom. The van der Waals surface area contributed by atoms with Gasteiger partial charge in [0, 0.05) is 35.5 Å². The normalized spacial score (nSPS) is 12.7. The summed E-state index contributed by atoms with van der Waals surface area (Å²) in [6.45, 7) is 0.801. The van der Waals surface area contributed by atoms with E-state index < -0.39 is 10.8 Å². The number of H-pyrrole nitrogens is 1. The lowest BCUT2D eigenvalue weighted by atomic mass is 10.3. The van der Waals surface area contributed by atoms with Gasteiger partial charge in [0.25, 0.3) is 0 Å². The van der Waals surface area contributed by atoms with Crippen LogP contribution in [0.15, 0.2) is 37.1 Å². The molecular formula is C18H23N8OS2+. The van der Waals surface area contributed by atoms with Crippen molar-refractivity contribution in [2.75, 3.05) is 31.7 Å². The van der Waals surface area contributed by atoms with Gasteiger partial charge in [0.15, 0.2) is 18.5 Å². The van der Waals surface area contributed by atoms with E-state index in [2.05, 4.69) is 24.8 Å². The van der Waals surface area contributed by atoms with E-state index >= 15 is 0 Å². The molecule has 0 aromatic carbocycles. The van der Waals surface area contributed by atoms with Crippen LogP contribution in [-0.2, 0) is 23.6 Å². The zero-order chi connectivity index (χ0) is 20.4. The van der Waals surface area contributed by atoms with Crippen molar-refractivity contribution in [1.29, 1.82) is 0 Å². The van der Waals surface area contributed by atoms with Gasteiger partial charge in [-0.15, -0.1) is 4.68 Å². The molecule has 4 aromatic heterocycles. The minimum atomic E-state index is -0.925. The van der Waals surface area contributed by atoms with E-state index in [1.165, 1.54) is 11.5 Å². The summed E-state index contributed by atoms with van der Waals surface area (Å²) in [4.78, 5) is 11.0. The van der Waals surface area contributed by atoms with Crippen molar-refractivity contribution in [2.45, 2.75) is 5.75 Å². The molecular weight excluding hydrogens is 408 g/mol. The Morgan fingerprint density at radius 3 is 3.00 bits per heavy atom. The average molecular weight is 432 g/mol. The van der Waals surface area contributed by atoms with Crippen molar-refractivity contribution in [2.24, 2.45) is 7.05 Å². The molecule has 0 aliphatic rings. The van der Waals surface area contributed by atoms with E-state index in [0.717, 1.165) is 34.1 Å². The third-order valence-electron chi connectivity index (χ3n) is 4.36. The second kappa shape index (κ2) is 8.39. The maximum Gasteiger partial charge on any atom is 0.204 e. The summed E-state index contributed by atoms with van der Waals surface area (Å²) in [7, 11) is 4.97. The summed E-state index contributed by atoms with van der Waals surface area (Å²) >= 11 is 1.33. The minimum absolute atomic E-state index is 0.460. The monoisotopic (exact) mass is 431 g/mol. The first-order valence-electron chi connectivity index (χ1n) is 9.08. The predicted octanol–water partition coefficient (Wildman–Crippen LogP) is 1.56. The van der Waals surface area contributed by atoms with E-state index in [4.69, 9.17) is 0 Å². The van der Waals surface area contributed by atoms with Crippen LogP contribution in [0.25, 0.3) is 16.9 Å². The van der Waals surface area contributed by atoms with Gasteiger partial charge in [-0.25, -0.2) is 9.97 Å². The predicted molar refractivity (Wildman–Crippen MR) is 115 cm³/mol. The smallest absolute Gasteiger partial charge is 0.204 e. The molecule has 152 valence electrons. The molecule has 0 radical (unpaired) electrons. The Kier molecular flexibility index (Phi) is 5.69. The number of aryl methyl sites for hydroxylation is 1. The van der Waals surface area contributed by atoms with Crippen molar-refractivity contribution >= 4 is 38.8 Å². The summed E-state index contributed by atoms with van der Waals surface area (Å²) < 4.78 is 20.5. The standard InChI is InChI=1S/C18H22N8OS2/c1-24(2)6-7-29(27)12-14-8-16(28-23-14)22-17-18-20-10-15(26(18)5-4-19-17)13-9-21-25(3)11-13/h4-5,8-11H,6-7,12H2,1-3H3,(H,19,22,23)/p+1.